The Hall–Kier alpha value is -3.48. The van der Waals surface area contributed by atoms with Gasteiger partial charge in [-0.1, -0.05) is 37.8 Å². The number of aryl methyl sites for hydroxylation is 2. The molecule has 1 fully saturated rings. The molecule has 234 valence electrons. The zero-order valence-electron chi connectivity index (χ0n) is 26.2. The molecule has 1 amide bonds. The highest BCUT2D eigenvalue weighted by molar-refractivity contribution is 7.21. The molecule has 42 heavy (non-hydrogen) atoms. The minimum absolute atomic E-state index is 0.0891. The monoisotopic (exact) mass is 605 g/mol. The fourth-order valence-electron chi connectivity index (χ4n) is 4.20. The highest BCUT2D eigenvalue weighted by atomic mass is 32.1. The van der Waals surface area contributed by atoms with Crippen LogP contribution in [0.15, 0.2) is 52.0 Å². The molecule has 4 rings (SSSR count). The number of allylic oxidation sites excluding steroid dienone is 3. The van der Waals surface area contributed by atoms with Crippen molar-refractivity contribution in [1.82, 2.24) is 18.9 Å². The van der Waals surface area contributed by atoms with Crippen molar-refractivity contribution >= 4 is 28.0 Å². The third kappa shape index (κ3) is 9.27. The van der Waals surface area contributed by atoms with Crippen LogP contribution in [0.1, 0.15) is 66.4 Å². The summed E-state index contributed by atoms with van der Waals surface area (Å²) in [5.74, 6) is 0.762. The molecule has 0 saturated carbocycles. The first kappa shape index (κ1) is 36.5. The smallest absolute Gasteiger partial charge is 0.332 e. The van der Waals surface area contributed by atoms with Crippen molar-refractivity contribution in [2.75, 3.05) is 20.3 Å². The van der Waals surface area contributed by atoms with E-state index in [0.717, 1.165) is 48.0 Å². The quantitative estimate of drug-likeness (QED) is 0.243. The molecule has 0 radical (unpaired) electrons. The molecule has 0 atom stereocenters. The van der Waals surface area contributed by atoms with Crippen LogP contribution in [-0.2, 0) is 26.4 Å². The summed E-state index contributed by atoms with van der Waals surface area (Å²) < 4.78 is 15.1. The second-order valence-corrected chi connectivity index (χ2v) is 11.1. The van der Waals surface area contributed by atoms with E-state index in [-0.39, 0.29) is 23.8 Å². The molecule has 12 heteroatoms. The number of aromatic nitrogens is 4. The Bertz CT molecular complexity index is 1420. The summed E-state index contributed by atoms with van der Waals surface area (Å²) in [7, 11) is 1.61. The van der Waals surface area contributed by atoms with E-state index in [9.17, 15) is 9.59 Å². The van der Waals surface area contributed by atoms with Gasteiger partial charge in [0.2, 0.25) is 6.41 Å². The first-order valence-electron chi connectivity index (χ1n) is 14.0. The zero-order valence-corrected chi connectivity index (χ0v) is 27.0. The highest BCUT2D eigenvalue weighted by Crippen LogP contribution is 2.31. The predicted molar refractivity (Wildman–Crippen MR) is 169 cm³/mol. The number of rotatable bonds is 6. The summed E-state index contributed by atoms with van der Waals surface area (Å²) in [6, 6.07) is 1.83. The number of methoxy groups -OCH3 is 1. The fraction of sp³-hybridized carbons (Fsp3) is 0.533. The van der Waals surface area contributed by atoms with Crippen molar-refractivity contribution in [3.05, 3.63) is 68.8 Å². The lowest BCUT2D eigenvalue weighted by molar-refractivity contribution is -0.106. The van der Waals surface area contributed by atoms with Gasteiger partial charge in [0.1, 0.15) is 9.83 Å². The van der Waals surface area contributed by atoms with Gasteiger partial charge in [0.25, 0.3) is 5.56 Å². The maximum atomic E-state index is 13.4. The number of amides is 1. The van der Waals surface area contributed by atoms with Crippen LogP contribution in [-0.4, -0.2) is 56.9 Å². The van der Waals surface area contributed by atoms with E-state index in [1.807, 2.05) is 60.7 Å². The third-order valence-corrected chi connectivity index (χ3v) is 7.68. The molecule has 1 aliphatic heterocycles. The Morgan fingerprint density at radius 2 is 1.88 bits per heavy atom. The van der Waals surface area contributed by atoms with Crippen LogP contribution in [0.2, 0.25) is 0 Å². The lowest BCUT2D eigenvalue weighted by atomic mass is 10.1. The summed E-state index contributed by atoms with van der Waals surface area (Å²) in [4.78, 5) is 36.1. The molecular weight excluding hydrogens is 558 g/mol. The molecule has 1 saturated heterocycles. The van der Waals surface area contributed by atoms with Crippen molar-refractivity contribution in [1.29, 1.82) is 0 Å². The summed E-state index contributed by atoms with van der Waals surface area (Å²) >= 11 is 1.41. The molecule has 4 heterocycles. The van der Waals surface area contributed by atoms with Crippen LogP contribution >= 0.6 is 11.3 Å². The first-order chi connectivity index (χ1) is 19.9. The van der Waals surface area contributed by atoms with Crippen LogP contribution < -0.4 is 17.0 Å². The number of ether oxygens (including phenoxy) is 2. The van der Waals surface area contributed by atoms with Gasteiger partial charge in [-0.2, -0.15) is 5.10 Å². The molecule has 0 unspecified atom stereocenters. The Kier molecular flexibility index (Phi) is 15.2. The highest BCUT2D eigenvalue weighted by Gasteiger charge is 2.26. The zero-order chi connectivity index (χ0) is 32.0. The normalized spacial score (nSPS) is 13.8. The second kappa shape index (κ2) is 17.5. The van der Waals surface area contributed by atoms with E-state index >= 15 is 0 Å². The Morgan fingerprint density at radius 3 is 2.31 bits per heavy atom. The standard InChI is InChI=1S/C22H28N4O3S.C5H10O2.C2H6.CH3NO/c1-8-16(15(3)29-7)10-13-24-20-17(18(27)26(21(24)28)22(4,5)6)14(2)19(30-20)25-12-9-11-23-25;6-5-1-3-7-4-2-5;1-2;2-1-3/h8-9,11-12H,1,10,13H2,2-7H3;5-6H,1-4H2;1-2H3;1H,(H2,2,3)/b16-15-;;;. The SMILES string of the molecule is C=C/C(CCn1c(=O)n(C(C)(C)C)c(=O)c2c(C)c(-n3cccn3)sc21)=C(\C)OC.CC.NC=O.OC1CCOCC1. The number of carbonyl (C=O) groups is 1. The van der Waals surface area contributed by atoms with Gasteiger partial charge in [0.15, 0.2) is 0 Å². The van der Waals surface area contributed by atoms with Gasteiger partial charge < -0.3 is 20.3 Å². The van der Waals surface area contributed by atoms with Gasteiger partial charge >= 0.3 is 5.69 Å². The van der Waals surface area contributed by atoms with Crippen molar-refractivity contribution in [2.45, 2.75) is 85.9 Å². The van der Waals surface area contributed by atoms with Gasteiger partial charge in [0.05, 0.1) is 24.4 Å². The Balaban J connectivity index is 0.000000618. The molecule has 0 spiro atoms. The molecule has 3 aromatic rings. The van der Waals surface area contributed by atoms with Crippen LogP contribution in [0.5, 0.6) is 0 Å². The summed E-state index contributed by atoms with van der Waals surface area (Å²) in [5.41, 5.74) is 4.68. The van der Waals surface area contributed by atoms with Gasteiger partial charge in [0, 0.05) is 43.3 Å². The van der Waals surface area contributed by atoms with E-state index in [1.165, 1.54) is 15.9 Å². The number of hydrogen-bond donors (Lipinski definition) is 2. The number of nitrogens with two attached hydrogens (primary N) is 1. The number of primary amides is 1. The molecule has 0 aliphatic carbocycles. The topological polar surface area (TPSA) is 144 Å². The molecular formula is C30H47N5O6S. The summed E-state index contributed by atoms with van der Waals surface area (Å²) in [5, 5.41) is 14.5. The number of aliphatic hydroxyl groups is 1. The van der Waals surface area contributed by atoms with Crippen LogP contribution in [0, 0.1) is 6.92 Å². The number of thiophene rings is 1. The predicted octanol–water partition coefficient (Wildman–Crippen LogP) is 4.26. The lowest BCUT2D eigenvalue weighted by Crippen LogP contribution is -2.47. The minimum atomic E-state index is -0.649. The van der Waals surface area contributed by atoms with Crippen molar-refractivity contribution in [2.24, 2.45) is 5.73 Å². The first-order valence-corrected chi connectivity index (χ1v) is 14.8. The van der Waals surface area contributed by atoms with Gasteiger partial charge in [-0.15, -0.1) is 0 Å². The molecule has 0 bridgehead atoms. The average Bonchev–Trinajstić information content (AvgIpc) is 3.60. The number of fused-ring (bicyclic) bond motifs is 1. The number of hydrogen-bond acceptors (Lipinski definition) is 8. The van der Waals surface area contributed by atoms with E-state index in [2.05, 4.69) is 17.4 Å². The Morgan fingerprint density at radius 1 is 1.29 bits per heavy atom. The summed E-state index contributed by atoms with van der Waals surface area (Å²) in [6.07, 6.45) is 7.64. The van der Waals surface area contributed by atoms with Gasteiger partial charge in [-0.25, -0.2) is 9.48 Å². The van der Waals surface area contributed by atoms with Crippen molar-refractivity contribution in [3.63, 3.8) is 0 Å². The molecule has 3 aromatic heterocycles. The largest absolute Gasteiger partial charge is 0.501 e. The summed E-state index contributed by atoms with van der Waals surface area (Å²) in [6.45, 7) is 19.1. The fourth-order valence-corrected chi connectivity index (χ4v) is 5.46. The van der Waals surface area contributed by atoms with Gasteiger partial charge in [-0.3, -0.25) is 18.7 Å². The Labute approximate surface area is 251 Å². The van der Waals surface area contributed by atoms with E-state index < -0.39 is 5.54 Å². The third-order valence-electron chi connectivity index (χ3n) is 6.37. The molecule has 11 nitrogen and oxygen atoms in total. The van der Waals surface area contributed by atoms with Crippen molar-refractivity contribution < 1.29 is 19.4 Å². The lowest BCUT2D eigenvalue weighted by Gasteiger charge is -2.23. The van der Waals surface area contributed by atoms with E-state index in [4.69, 9.17) is 19.4 Å². The van der Waals surface area contributed by atoms with Gasteiger partial charge in [-0.05, 0) is 65.5 Å². The van der Waals surface area contributed by atoms with E-state index in [1.54, 1.807) is 28.6 Å². The van der Waals surface area contributed by atoms with Crippen LogP contribution in [0.3, 0.4) is 0 Å². The molecule has 0 aromatic carbocycles. The van der Waals surface area contributed by atoms with E-state index in [0.29, 0.717) is 23.2 Å². The molecule has 3 N–H and O–H groups in total. The number of nitrogens with zero attached hydrogens (tertiary/aromatic N) is 4. The number of carbonyl (C=O) groups excluding carboxylic acids is 1. The van der Waals surface area contributed by atoms with Crippen LogP contribution in [0.25, 0.3) is 15.2 Å². The van der Waals surface area contributed by atoms with Crippen molar-refractivity contribution in [3.8, 4) is 5.00 Å². The van der Waals surface area contributed by atoms with Crippen LogP contribution in [0.4, 0.5) is 0 Å². The maximum absolute atomic E-state index is 13.4. The minimum Gasteiger partial charge on any atom is -0.501 e. The molecule has 1 aliphatic rings. The average molecular weight is 606 g/mol. The second-order valence-electron chi connectivity index (χ2n) is 10.1. The number of aliphatic hydroxyl groups excluding tert-OH is 1. The maximum Gasteiger partial charge on any atom is 0.332 e.